The van der Waals surface area contributed by atoms with Gasteiger partial charge in [-0.2, -0.15) is 23.4 Å². The Labute approximate surface area is 186 Å². The van der Waals surface area contributed by atoms with Crippen LogP contribution in [0.15, 0.2) is 54.9 Å². The molecule has 166 valence electrons. The van der Waals surface area contributed by atoms with Crippen LogP contribution < -0.4 is 5.32 Å². The fourth-order valence-electron chi connectivity index (χ4n) is 3.47. The maximum atomic E-state index is 12.9. The van der Waals surface area contributed by atoms with Crippen molar-refractivity contribution in [3.05, 3.63) is 76.8 Å². The number of anilines is 1. The topological polar surface area (TPSA) is 64.7 Å². The molecule has 0 aliphatic rings. The number of hydrogen-bond donors (Lipinski definition) is 1. The Bertz CT molecular complexity index is 1270. The monoisotopic (exact) mass is 461 g/mol. The van der Waals surface area contributed by atoms with Crippen LogP contribution in [0.5, 0.6) is 0 Å². The van der Waals surface area contributed by atoms with Crippen LogP contribution in [-0.4, -0.2) is 25.5 Å². The molecule has 0 bridgehead atoms. The van der Waals surface area contributed by atoms with Crippen LogP contribution in [0.1, 0.15) is 23.4 Å². The smallest absolute Gasteiger partial charge is 0.323 e. The lowest BCUT2D eigenvalue weighted by atomic mass is 10.0. The summed E-state index contributed by atoms with van der Waals surface area (Å²) in [5.41, 5.74) is 0.610. The van der Waals surface area contributed by atoms with Crippen LogP contribution in [0.4, 0.5) is 18.9 Å². The fourth-order valence-corrected chi connectivity index (χ4v) is 3.72. The molecule has 4 aromatic rings. The zero-order valence-electron chi connectivity index (χ0n) is 17.0. The van der Waals surface area contributed by atoms with E-state index in [0.717, 1.165) is 21.0 Å². The van der Waals surface area contributed by atoms with Gasteiger partial charge in [-0.1, -0.05) is 54.1 Å². The van der Waals surface area contributed by atoms with E-state index in [0.29, 0.717) is 12.2 Å². The van der Waals surface area contributed by atoms with Gasteiger partial charge in [-0.25, -0.2) is 0 Å². The third-order valence-electron chi connectivity index (χ3n) is 5.08. The highest BCUT2D eigenvalue weighted by Gasteiger charge is 2.38. The summed E-state index contributed by atoms with van der Waals surface area (Å²) in [7, 11) is 0. The average molecular weight is 462 g/mol. The van der Waals surface area contributed by atoms with Crippen molar-refractivity contribution in [1.82, 2.24) is 19.6 Å². The van der Waals surface area contributed by atoms with Crippen molar-refractivity contribution in [3.8, 4) is 0 Å². The summed E-state index contributed by atoms with van der Waals surface area (Å²) in [6.07, 6.45) is -1.48. The summed E-state index contributed by atoms with van der Waals surface area (Å²) in [5.74, 6) is -0.366. The molecular formula is C22H19ClF3N5O. The molecule has 4 rings (SSSR count). The van der Waals surface area contributed by atoms with E-state index in [1.165, 1.54) is 13.1 Å². The maximum absolute atomic E-state index is 12.9. The van der Waals surface area contributed by atoms with E-state index in [2.05, 4.69) is 15.5 Å². The van der Waals surface area contributed by atoms with Crippen LogP contribution in [0.25, 0.3) is 10.8 Å². The number of rotatable bonds is 6. The number of nitrogens with zero attached hydrogens (tertiary/aromatic N) is 4. The van der Waals surface area contributed by atoms with Crippen LogP contribution >= 0.6 is 11.6 Å². The molecule has 10 heteroatoms. The first-order valence-corrected chi connectivity index (χ1v) is 10.2. The number of benzene rings is 2. The highest BCUT2D eigenvalue weighted by molar-refractivity contribution is 6.31. The summed E-state index contributed by atoms with van der Waals surface area (Å²) in [4.78, 5) is 12.3. The molecule has 6 nitrogen and oxygen atoms in total. The third kappa shape index (κ3) is 4.62. The Morgan fingerprint density at radius 3 is 2.66 bits per heavy atom. The minimum Gasteiger partial charge on any atom is -0.323 e. The van der Waals surface area contributed by atoms with E-state index in [9.17, 15) is 18.0 Å². The molecule has 0 unspecified atom stereocenters. The number of carbonyl (C=O) groups is 1. The number of carbonyl (C=O) groups excluding carboxylic acids is 1. The summed E-state index contributed by atoms with van der Waals surface area (Å²) >= 11 is 5.73. The van der Waals surface area contributed by atoms with Crippen LogP contribution in [0, 0.1) is 6.92 Å². The lowest BCUT2D eigenvalue weighted by Crippen LogP contribution is -2.16. The Morgan fingerprint density at radius 2 is 1.91 bits per heavy atom. The third-order valence-corrected chi connectivity index (χ3v) is 5.53. The van der Waals surface area contributed by atoms with Crippen LogP contribution in [-0.2, 0) is 24.1 Å². The molecule has 1 N–H and O–H groups in total. The average Bonchev–Trinajstić information content (AvgIpc) is 3.31. The first-order chi connectivity index (χ1) is 15.2. The van der Waals surface area contributed by atoms with Crippen molar-refractivity contribution >= 4 is 34.0 Å². The number of nitrogens with one attached hydrogen (secondary N) is 1. The molecule has 2 aromatic carbocycles. The van der Waals surface area contributed by atoms with E-state index in [4.69, 9.17) is 11.6 Å². The standard InChI is InChI=1S/C22H19ClF3N5O/c1-14-20(23)21(22(24,25)26)29-31(14)10-9-19(32)28-17-11-27-30(13-17)12-16-7-4-6-15-5-2-3-8-18(15)16/h2-8,11,13H,9-10,12H2,1H3,(H,28,32). The van der Waals surface area contributed by atoms with Gasteiger partial charge in [0.05, 0.1) is 35.7 Å². The molecule has 0 atom stereocenters. The lowest BCUT2D eigenvalue weighted by Gasteiger charge is -2.07. The highest BCUT2D eigenvalue weighted by Crippen LogP contribution is 2.35. The largest absolute Gasteiger partial charge is 0.436 e. The second-order valence-corrected chi connectivity index (χ2v) is 7.71. The molecule has 2 heterocycles. The lowest BCUT2D eigenvalue weighted by molar-refractivity contribution is -0.141. The predicted octanol–water partition coefficient (Wildman–Crippen LogP) is 5.29. The molecule has 32 heavy (non-hydrogen) atoms. The normalized spacial score (nSPS) is 11.8. The second kappa shape index (κ2) is 8.66. The number of halogens is 4. The van der Waals surface area contributed by atoms with Crippen molar-refractivity contribution < 1.29 is 18.0 Å². The summed E-state index contributed by atoms with van der Waals surface area (Å²) < 4.78 is 41.6. The van der Waals surface area contributed by atoms with Crippen LogP contribution in [0.3, 0.4) is 0 Å². The van der Waals surface area contributed by atoms with E-state index < -0.39 is 16.9 Å². The van der Waals surface area contributed by atoms with Gasteiger partial charge >= 0.3 is 6.18 Å². The number of fused-ring (bicyclic) bond motifs is 1. The van der Waals surface area contributed by atoms with Crippen molar-refractivity contribution in [2.45, 2.75) is 32.6 Å². The van der Waals surface area contributed by atoms with Crippen molar-refractivity contribution in [1.29, 1.82) is 0 Å². The summed E-state index contributed by atoms with van der Waals surface area (Å²) in [6.45, 7) is 1.93. The van der Waals surface area contributed by atoms with Gasteiger partial charge in [-0.15, -0.1) is 0 Å². The zero-order valence-corrected chi connectivity index (χ0v) is 17.8. The van der Waals surface area contributed by atoms with E-state index in [1.807, 2.05) is 42.5 Å². The van der Waals surface area contributed by atoms with E-state index in [-0.39, 0.29) is 24.6 Å². The summed E-state index contributed by atoms with van der Waals surface area (Å²) in [5, 5.41) is 12.3. The predicted molar refractivity (Wildman–Crippen MR) is 115 cm³/mol. The van der Waals surface area contributed by atoms with Gasteiger partial charge in [0.25, 0.3) is 0 Å². The number of amides is 1. The Kier molecular flexibility index (Phi) is 5.92. The molecule has 0 fully saturated rings. The van der Waals surface area contributed by atoms with Gasteiger partial charge in [-0.05, 0) is 23.3 Å². The van der Waals surface area contributed by atoms with Crippen molar-refractivity contribution in [3.63, 3.8) is 0 Å². The fraction of sp³-hybridized carbons (Fsp3) is 0.227. The molecule has 0 aliphatic carbocycles. The van der Waals surface area contributed by atoms with Crippen LogP contribution in [0.2, 0.25) is 5.02 Å². The first kappa shape index (κ1) is 21.9. The molecule has 1 amide bonds. The Hall–Kier alpha value is -3.33. The molecular weight excluding hydrogens is 443 g/mol. The van der Waals surface area contributed by atoms with E-state index >= 15 is 0 Å². The molecule has 0 spiro atoms. The molecule has 0 saturated carbocycles. The van der Waals surface area contributed by atoms with Gasteiger partial charge < -0.3 is 5.32 Å². The molecule has 0 saturated heterocycles. The minimum absolute atomic E-state index is 0.0302. The van der Waals surface area contributed by atoms with Crippen molar-refractivity contribution in [2.24, 2.45) is 0 Å². The Balaban J connectivity index is 1.38. The number of alkyl halides is 3. The maximum Gasteiger partial charge on any atom is 0.436 e. The van der Waals surface area contributed by atoms with Gasteiger partial charge in [0.1, 0.15) is 0 Å². The first-order valence-electron chi connectivity index (χ1n) is 9.81. The van der Waals surface area contributed by atoms with Crippen molar-refractivity contribution in [2.75, 3.05) is 5.32 Å². The van der Waals surface area contributed by atoms with Gasteiger partial charge in [0.15, 0.2) is 5.69 Å². The Morgan fingerprint density at radius 1 is 1.16 bits per heavy atom. The minimum atomic E-state index is -4.64. The SMILES string of the molecule is Cc1c(Cl)c(C(F)(F)F)nn1CCC(=O)Nc1cnn(Cc2cccc3ccccc23)c1. The zero-order chi connectivity index (χ0) is 22.9. The second-order valence-electron chi connectivity index (χ2n) is 7.33. The van der Waals surface area contributed by atoms with Gasteiger partial charge in [0, 0.05) is 12.6 Å². The number of aromatic nitrogens is 4. The molecule has 0 radical (unpaired) electrons. The van der Waals surface area contributed by atoms with Gasteiger partial charge in [0.2, 0.25) is 5.91 Å². The number of aryl methyl sites for hydroxylation is 1. The summed E-state index contributed by atoms with van der Waals surface area (Å²) in [6, 6.07) is 14.1. The number of hydrogen-bond acceptors (Lipinski definition) is 3. The molecule has 2 aromatic heterocycles. The van der Waals surface area contributed by atoms with E-state index in [1.54, 1.807) is 10.9 Å². The molecule has 0 aliphatic heterocycles. The van der Waals surface area contributed by atoms with Gasteiger partial charge in [-0.3, -0.25) is 14.2 Å². The highest BCUT2D eigenvalue weighted by atomic mass is 35.5. The quantitative estimate of drug-likeness (QED) is 0.424.